The third kappa shape index (κ3) is 5.36. The van der Waals surface area contributed by atoms with E-state index >= 15 is 0 Å². The number of carbonyl (C=O) groups excluding carboxylic acids is 2. The summed E-state index contributed by atoms with van der Waals surface area (Å²) in [7, 11) is 0. The summed E-state index contributed by atoms with van der Waals surface area (Å²) in [5.74, 6) is -0.161. The number of amides is 3. The van der Waals surface area contributed by atoms with E-state index in [1.807, 2.05) is 44.2 Å². The maximum atomic E-state index is 12.9. The first-order valence-corrected chi connectivity index (χ1v) is 9.53. The molecule has 0 aromatic heterocycles. The Kier molecular flexibility index (Phi) is 6.20. The molecule has 3 aromatic rings. The first-order chi connectivity index (χ1) is 13.8. The maximum absolute atomic E-state index is 12.9. The normalized spacial score (nSPS) is 10.9. The number of para-hydroxylation sites is 1. The molecule has 6 heteroatoms. The highest BCUT2D eigenvalue weighted by Crippen LogP contribution is 2.27. The molecule has 5 nitrogen and oxygen atoms in total. The molecule has 3 amide bonds. The Morgan fingerprint density at radius 3 is 1.93 bits per heavy atom. The van der Waals surface area contributed by atoms with Gasteiger partial charge in [-0.1, -0.05) is 48.0 Å². The first kappa shape index (κ1) is 20.4. The predicted molar refractivity (Wildman–Crippen MR) is 119 cm³/mol. The number of urea groups is 1. The molecule has 0 aliphatic heterocycles. The summed E-state index contributed by atoms with van der Waals surface area (Å²) in [4.78, 5) is 25.0. The van der Waals surface area contributed by atoms with Crippen LogP contribution in [-0.2, 0) is 10.2 Å². The Bertz CT molecular complexity index is 1000. The van der Waals surface area contributed by atoms with Crippen LogP contribution in [-0.4, -0.2) is 11.9 Å². The fourth-order valence-electron chi connectivity index (χ4n) is 2.77. The molecule has 0 saturated carbocycles. The van der Waals surface area contributed by atoms with Crippen LogP contribution in [0.15, 0.2) is 78.9 Å². The highest BCUT2D eigenvalue weighted by atomic mass is 35.5. The topological polar surface area (TPSA) is 70.2 Å². The van der Waals surface area contributed by atoms with Gasteiger partial charge in [-0.05, 0) is 61.9 Å². The lowest BCUT2D eigenvalue weighted by Gasteiger charge is -2.24. The minimum atomic E-state index is -0.751. The van der Waals surface area contributed by atoms with Crippen molar-refractivity contribution >= 4 is 40.6 Å². The van der Waals surface area contributed by atoms with Crippen LogP contribution >= 0.6 is 11.6 Å². The lowest BCUT2D eigenvalue weighted by atomic mass is 9.83. The molecule has 0 radical (unpaired) electrons. The van der Waals surface area contributed by atoms with Crippen LogP contribution in [0.4, 0.5) is 21.9 Å². The van der Waals surface area contributed by atoms with Gasteiger partial charge in [-0.3, -0.25) is 4.79 Å². The van der Waals surface area contributed by atoms with Crippen molar-refractivity contribution in [2.75, 3.05) is 16.0 Å². The van der Waals surface area contributed by atoms with Gasteiger partial charge < -0.3 is 16.0 Å². The quantitative estimate of drug-likeness (QED) is 0.492. The number of nitrogens with one attached hydrogen (secondary N) is 3. The van der Waals surface area contributed by atoms with Crippen LogP contribution in [0, 0.1) is 0 Å². The Morgan fingerprint density at radius 2 is 1.28 bits per heavy atom. The van der Waals surface area contributed by atoms with Gasteiger partial charge in [0.15, 0.2) is 0 Å². The standard InChI is InChI=1S/C23H22ClN3O2/c1-23(2,16-11-13-17(24)14-12-16)21(28)25-19-9-6-10-20(15-19)27-22(29)26-18-7-4-3-5-8-18/h3-15H,1-2H3,(H,25,28)(H2,26,27,29). The van der Waals surface area contributed by atoms with Crippen molar-refractivity contribution in [2.24, 2.45) is 0 Å². The van der Waals surface area contributed by atoms with E-state index in [2.05, 4.69) is 16.0 Å². The fourth-order valence-corrected chi connectivity index (χ4v) is 2.90. The molecule has 0 unspecified atom stereocenters. The molecule has 0 saturated heterocycles. The summed E-state index contributed by atoms with van der Waals surface area (Å²) in [6.45, 7) is 3.70. The molecule has 0 heterocycles. The van der Waals surface area contributed by atoms with Crippen LogP contribution in [0.2, 0.25) is 5.02 Å². The second kappa shape index (κ2) is 8.80. The zero-order chi connectivity index (χ0) is 20.9. The molecule has 148 valence electrons. The van der Waals surface area contributed by atoms with E-state index in [9.17, 15) is 9.59 Å². The first-order valence-electron chi connectivity index (χ1n) is 9.15. The van der Waals surface area contributed by atoms with Gasteiger partial charge in [0.05, 0.1) is 5.41 Å². The average Bonchev–Trinajstić information content (AvgIpc) is 2.69. The Morgan fingerprint density at radius 1 is 0.724 bits per heavy atom. The zero-order valence-corrected chi connectivity index (χ0v) is 17.0. The van der Waals surface area contributed by atoms with Crippen LogP contribution in [0.3, 0.4) is 0 Å². The fraction of sp³-hybridized carbons (Fsp3) is 0.130. The van der Waals surface area contributed by atoms with Crippen molar-refractivity contribution < 1.29 is 9.59 Å². The molecule has 0 aliphatic carbocycles. The van der Waals surface area contributed by atoms with Crippen molar-refractivity contribution in [3.63, 3.8) is 0 Å². The van der Waals surface area contributed by atoms with Gasteiger partial charge in [-0.15, -0.1) is 0 Å². The van der Waals surface area contributed by atoms with Gasteiger partial charge >= 0.3 is 6.03 Å². The largest absolute Gasteiger partial charge is 0.325 e. The van der Waals surface area contributed by atoms with E-state index in [1.165, 1.54) is 0 Å². The van der Waals surface area contributed by atoms with Gasteiger partial charge in [0, 0.05) is 22.1 Å². The van der Waals surface area contributed by atoms with E-state index < -0.39 is 5.41 Å². The van der Waals surface area contributed by atoms with Crippen molar-refractivity contribution in [1.29, 1.82) is 0 Å². The van der Waals surface area contributed by atoms with E-state index in [-0.39, 0.29) is 11.9 Å². The summed E-state index contributed by atoms with van der Waals surface area (Å²) >= 11 is 5.94. The van der Waals surface area contributed by atoms with Gasteiger partial charge in [0.2, 0.25) is 5.91 Å². The molecule has 0 fully saturated rings. The van der Waals surface area contributed by atoms with E-state index in [4.69, 9.17) is 11.6 Å². The third-order valence-corrected chi connectivity index (χ3v) is 4.80. The number of carbonyl (C=O) groups is 2. The average molecular weight is 408 g/mol. The number of rotatable bonds is 5. The molecule has 0 bridgehead atoms. The predicted octanol–water partition coefficient (Wildman–Crippen LogP) is 5.90. The SMILES string of the molecule is CC(C)(C(=O)Nc1cccc(NC(=O)Nc2ccccc2)c1)c1ccc(Cl)cc1. The van der Waals surface area contributed by atoms with Gasteiger partial charge in [0.1, 0.15) is 0 Å². The molecular formula is C23H22ClN3O2. The summed E-state index contributed by atoms with van der Waals surface area (Å²) in [6, 6.07) is 23.0. The highest BCUT2D eigenvalue weighted by Gasteiger charge is 2.29. The lowest BCUT2D eigenvalue weighted by Crippen LogP contribution is -2.34. The third-order valence-electron chi connectivity index (χ3n) is 4.54. The number of benzene rings is 3. The zero-order valence-electron chi connectivity index (χ0n) is 16.2. The monoisotopic (exact) mass is 407 g/mol. The Hall–Kier alpha value is -3.31. The van der Waals surface area contributed by atoms with Crippen molar-refractivity contribution in [1.82, 2.24) is 0 Å². The number of hydrogen-bond acceptors (Lipinski definition) is 2. The summed E-state index contributed by atoms with van der Waals surface area (Å²) in [5, 5.41) is 9.06. The number of hydrogen-bond donors (Lipinski definition) is 3. The Labute approximate surface area is 175 Å². The summed E-state index contributed by atoms with van der Waals surface area (Å²) in [6.07, 6.45) is 0. The van der Waals surface area contributed by atoms with Crippen molar-refractivity contribution in [3.05, 3.63) is 89.4 Å². The van der Waals surface area contributed by atoms with E-state index in [0.29, 0.717) is 22.1 Å². The van der Waals surface area contributed by atoms with Gasteiger partial charge in [-0.25, -0.2) is 4.79 Å². The molecular weight excluding hydrogens is 386 g/mol. The van der Waals surface area contributed by atoms with Crippen LogP contribution in [0.1, 0.15) is 19.4 Å². The number of halogens is 1. The lowest BCUT2D eigenvalue weighted by molar-refractivity contribution is -0.120. The highest BCUT2D eigenvalue weighted by molar-refractivity contribution is 6.30. The van der Waals surface area contributed by atoms with E-state index in [0.717, 1.165) is 5.56 Å². The molecule has 0 spiro atoms. The van der Waals surface area contributed by atoms with Gasteiger partial charge in [0.25, 0.3) is 0 Å². The molecule has 3 aromatic carbocycles. The molecule has 3 rings (SSSR count). The summed E-state index contributed by atoms with van der Waals surface area (Å²) < 4.78 is 0. The number of anilines is 3. The van der Waals surface area contributed by atoms with Crippen LogP contribution < -0.4 is 16.0 Å². The van der Waals surface area contributed by atoms with Crippen molar-refractivity contribution in [2.45, 2.75) is 19.3 Å². The minimum Gasteiger partial charge on any atom is -0.325 e. The second-order valence-electron chi connectivity index (χ2n) is 7.11. The minimum absolute atomic E-state index is 0.161. The van der Waals surface area contributed by atoms with Crippen molar-refractivity contribution in [3.8, 4) is 0 Å². The molecule has 29 heavy (non-hydrogen) atoms. The molecule has 3 N–H and O–H groups in total. The second-order valence-corrected chi connectivity index (χ2v) is 7.55. The molecule has 0 aliphatic rings. The van der Waals surface area contributed by atoms with Crippen LogP contribution in [0.5, 0.6) is 0 Å². The van der Waals surface area contributed by atoms with E-state index in [1.54, 1.807) is 48.5 Å². The smallest absolute Gasteiger partial charge is 0.323 e. The summed E-state index contributed by atoms with van der Waals surface area (Å²) in [5.41, 5.74) is 1.96. The maximum Gasteiger partial charge on any atom is 0.323 e. The Balaban J connectivity index is 1.66. The van der Waals surface area contributed by atoms with Gasteiger partial charge in [-0.2, -0.15) is 0 Å². The molecule has 0 atom stereocenters. The van der Waals surface area contributed by atoms with Crippen LogP contribution in [0.25, 0.3) is 0 Å².